The first-order chi connectivity index (χ1) is 11.6. The predicted molar refractivity (Wildman–Crippen MR) is 89.7 cm³/mol. The van der Waals surface area contributed by atoms with Crippen molar-refractivity contribution in [2.75, 3.05) is 10.6 Å². The van der Waals surface area contributed by atoms with Crippen LogP contribution >= 0.6 is 0 Å². The molecule has 1 amide bonds. The van der Waals surface area contributed by atoms with Crippen LogP contribution in [0.2, 0.25) is 0 Å². The fourth-order valence-electron chi connectivity index (χ4n) is 2.29. The molecule has 0 saturated heterocycles. The lowest BCUT2D eigenvalue weighted by atomic mass is 10.2. The highest BCUT2D eigenvalue weighted by atomic mass is 16.4. The molecule has 0 aliphatic rings. The summed E-state index contributed by atoms with van der Waals surface area (Å²) in [6.07, 6.45) is 0. The van der Waals surface area contributed by atoms with Gasteiger partial charge < -0.3 is 15.1 Å². The summed E-state index contributed by atoms with van der Waals surface area (Å²) in [6.45, 7) is 1.70. The quantitative estimate of drug-likeness (QED) is 0.683. The second-order valence-electron chi connectivity index (χ2n) is 5.24. The number of anilines is 2. The number of nitriles is 1. The third kappa shape index (κ3) is 3.13. The number of fused-ring (bicyclic) bond motifs is 1. The number of aromatic amines is 1. The van der Waals surface area contributed by atoms with Gasteiger partial charge in [-0.1, -0.05) is 12.1 Å². The van der Waals surface area contributed by atoms with E-state index < -0.39 is 11.8 Å². The number of hydrogen-bond donors (Lipinski definition) is 3. The topological polar surface area (TPSA) is 111 Å². The van der Waals surface area contributed by atoms with Crippen LogP contribution in [0.15, 0.2) is 51.7 Å². The minimum absolute atomic E-state index is 0.279. The average molecular weight is 322 g/mol. The first-order valence-corrected chi connectivity index (χ1v) is 7.26. The van der Waals surface area contributed by atoms with E-state index in [-0.39, 0.29) is 5.91 Å². The fraction of sp³-hybridized carbons (Fsp3) is 0.118. The Bertz CT molecular complexity index is 997. The summed E-state index contributed by atoms with van der Waals surface area (Å²) < 4.78 is 4.93. The van der Waals surface area contributed by atoms with Crippen LogP contribution < -0.4 is 16.4 Å². The van der Waals surface area contributed by atoms with Crippen LogP contribution in [0.3, 0.4) is 0 Å². The van der Waals surface area contributed by atoms with Crippen molar-refractivity contribution in [3.05, 3.63) is 58.6 Å². The molecule has 0 fully saturated rings. The predicted octanol–water partition coefficient (Wildman–Crippen LogP) is 2.43. The van der Waals surface area contributed by atoms with Gasteiger partial charge in [-0.3, -0.25) is 9.78 Å². The summed E-state index contributed by atoms with van der Waals surface area (Å²) in [5.41, 5.74) is 2.53. The van der Waals surface area contributed by atoms with E-state index in [4.69, 9.17) is 9.68 Å². The molecule has 3 aromatic rings. The number of nitrogens with zero attached hydrogens (tertiary/aromatic N) is 1. The maximum absolute atomic E-state index is 12.3. The van der Waals surface area contributed by atoms with E-state index in [0.29, 0.717) is 28.0 Å². The SMILES string of the molecule is CC(Nc1ccc2oc(=O)[nH]c2c1)C(=O)Nc1ccccc1C#N. The number of benzene rings is 2. The van der Waals surface area contributed by atoms with Gasteiger partial charge in [0.05, 0.1) is 16.8 Å². The molecule has 0 saturated carbocycles. The fourth-order valence-corrected chi connectivity index (χ4v) is 2.29. The Morgan fingerprint density at radius 2 is 2.08 bits per heavy atom. The highest BCUT2D eigenvalue weighted by Gasteiger charge is 2.15. The van der Waals surface area contributed by atoms with Crippen LogP contribution in [0, 0.1) is 11.3 Å². The molecule has 0 bridgehead atoms. The lowest BCUT2D eigenvalue weighted by Gasteiger charge is -2.15. The van der Waals surface area contributed by atoms with Crippen molar-refractivity contribution in [3.63, 3.8) is 0 Å². The molecule has 1 unspecified atom stereocenters. The van der Waals surface area contributed by atoms with E-state index in [0.717, 1.165) is 0 Å². The summed E-state index contributed by atoms with van der Waals surface area (Å²) in [7, 11) is 0. The molecule has 1 aromatic heterocycles. The number of hydrogen-bond acceptors (Lipinski definition) is 5. The van der Waals surface area contributed by atoms with Gasteiger partial charge in [-0.15, -0.1) is 0 Å². The Labute approximate surface area is 136 Å². The molecule has 7 heteroatoms. The highest BCUT2D eigenvalue weighted by molar-refractivity contribution is 5.97. The first kappa shape index (κ1) is 15.4. The van der Waals surface area contributed by atoms with Crippen LogP contribution in [-0.2, 0) is 4.79 Å². The number of amides is 1. The number of carbonyl (C=O) groups is 1. The van der Waals surface area contributed by atoms with Gasteiger partial charge in [0, 0.05) is 5.69 Å². The third-order valence-corrected chi connectivity index (χ3v) is 3.50. The number of nitrogens with one attached hydrogen (secondary N) is 3. The molecule has 1 atom stereocenters. The van der Waals surface area contributed by atoms with Crippen molar-refractivity contribution in [1.82, 2.24) is 4.98 Å². The highest BCUT2D eigenvalue weighted by Crippen LogP contribution is 2.18. The normalized spacial score (nSPS) is 11.7. The summed E-state index contributed by atoms with van der Waals surface area (Å²) in [4.78, 5) is 26.0. The number of oxazole rings is 1. The minimum Gasteiger partial charge on any atom is -0.408 e. The largest absolute Gasteiger partial charge is 0.417 e. The Balaban J connectivity index is 1.73. The lowest BCUT2D eigenvalue weighted by Crippen LogP contribution is -2.32. The van der Waals surface area contributed by atoms with Crippen LogP contribution in [-0.4, -0.2) is 16.9 Å². The van der Waals surface area contributed by atoms with Gasteiger partial charge in [0.2, 0.25) is 5.91 Å². The van der Waals surface area contributed by atoms with Crippen molar-refractivity contribution in [2.45, 2.75) is 13.0 Å². The van der Waals surface area contributed by atoms with Gasteiger partial charge >= 0.3 is 5.76 Å². The molecule has 24 heavy (non-hydrogen) atoms. The summed E-state index contributed by atoms with van der Waals surface area (Å²) in [5, 5.41) is 14.8. The number of rotatable bonds is 4. The second kappa shape index (κ2) is 6.30. The molecule has 0 aliphatic carbocycles. The molecule has 1 heterocycles. The zero-order valence-electron chi connectivity index (χ0n) is 12.8. The molecule has 0 aliphatic heterocycles. The molecule has 3 N–H and O–H groups in total. The maximum atomic E-state index is 12.3. The number of para-hydroxylation sites is 1. The third-order valence-electron chi connectivity index (χ3n) is 3.50. The van der Waals surface area contributed by atoms with Crippen molar-refractivity contribution in [3.8, 4) is 6.07 Å². The summed E-state index contributed by atoms with van der Waals surface area (Å²) >= 11 is 0. The van der Waals surface area contributed by atoms with Crippen molar-refractivity contribution >= 4 is 28.4 Å². The molecule has 2 aromatic carbocycles. The van der Waals surface area contributed by atoms with Crippen molar-refractivity contribution < 1.29 is 9.21 Å². The van der Waals surface area contributed by atoms with Gasteiger partial charge in [-0.25, -0.2) is 4.79 Å². The summed E-state index contributed by atoms with van der Waals surface area (Å²) in [5.74, 6) is -0.806. The van der Waals surface area contributed by atoms with E-state index in [1.54, 1.807) is 49.4 Å². The zero-order valence-corrected chi connectivity index (χ0v) is 12.8. The van der Waals surface area contributed by atoms with Gasteiger partial charge in [-0.05, 0) is 37.3 Å². The van der Waals surface area contributed by atoms with Crippen LogP contribution in [0.5, 0.6) is 0 Å². The zero-order chi connectivity index (χ0) is 17.1. The number of aromatic nitrogens is 1. The Morgan fingerprint density at radius 3 is 2.88 bits per heavy atom. The standard InChI is InChI=1S/C17H14N4O3/c1-10(16(22)20-13-5-3-2-4-11(13)9-18)19-12-6-7-15-14(8-12)21-17(23)24-15/h2-8,10,19H,1H3,(H,20,22)(H,21,23). The molecular formula is C17H14N4O3. The van der Waals surface area contributed by atoms with Gasteiger partial charge in [0.25, 0.3) is 0 Å². The molecule has 120 valence electrons. The lowest BCUT2D eigenvalue weighted by molar-refractivity contribution is -0.116. The number of carbonyl (C=O) groups excluding carboxylic acids is 1. The monoisotopic (exact) mass is 322 g/mol. The second-order valence-corrected chi connectivity index (χ2v) is 5.24. The van der Waals surface area contributed by atoms with E-state index in [1.807, 2.05) is 6.07 Å². The summed E-state index contributed by atoms with van der Waals surface area (Å²) in [6, 6.07) is 13.3. The Kier molecular flexibility index (Phi) is 4.03. The Hall–Kier alpha value is -3.53. The molecule has 0 radical (unpaired) electrons. The van der Waals surface area contributed by atoms with Gasteiger partial charge in [0.15, 0.2) is 5.58 Å². The Morgan fingerprint density at radius 1 is 1.29 bits per heavy atom. The van der Waals surface area contributed by atoms with Crippen molar-refractivity contribution in [1.29, 1.82) is 5.26 Å². The number of H-pyrrole nitrogens is 1. The molecule has 0 spiro atoms. The van der Waals surface area contributed by atoms with Gasteiger partial charge in [-0.2, -0.15) is 5.26 Å². The van der Waals surface area contributed by atoms with Crippen molar-refractivity contribution in [2.24, 2.45) is 0 Å². The molecular weight excluding hydrogens is 308 g/mol. The van der Waals surface area contributed by atoms with E-state index >= 15 is 0 Å². The molecule has 7 nitrogen and oxygen atoms in total. The van der Waals surface area contributed by atoms with E-state index in [1.165, 1.54) is 0 Å². The van der Waals surface area contributed by atoms with E-state index in [9.17, 15) is 9.59 Å². The van der Waals surface area contributed by atoms with Crippen LogP contribution in [0.1, 0.15) is 12.5 Å². The van der Waals surface area contributed by atoms with E-state index in [2.05, 4.69) is 15.6 Å². The first-order valence-electron chi connectivity index (χ1n) is 7.26. The maximum Gasteiger partial charge on any atom is 0.417 e. The van der Waals surface area contributed by atoms with Crippen LogP contribution in [0.25, 0.3) is 11.1 Å². The minimum atomic E-state index is -0.548. The average Bonchev–Trinajstić information content (AvgIpc) is 2.94. The van der Waals surface area contributed by atoms with Gasteiger partial charge in [0.1, 0.15) is 12.1 Å². The smallest absolute Gasteiger partial charge is 0.408 e. The van der Waals surface area contributed by atoms with Crippen LogP contribution in [0.4, 0.5) is 11.4 Å². The molecule has 3 rings (SSSR count).